The quantitative estimate of drug-likeness (QED) is 0.496. The first-order valence-corrected chi connectivity index (χ1v) is 3.69. The second-order valence-electron chi connectivity index (χ2n) is 2.30. The Labute approximate surface area is 75.4 Å². The summed E-state index contributed by atoms with van der Waals surface area (Å²) in [6.45, 7) is 4.30. The van der Waals surface area contributed by atoms with Crippen LogP contribution in [0.5, 0.6) is 0 Å². The van der Waals surface area contributed by atoms with Crippen molar-refractivity contribution < 1.29 is 9.53 Å². The molecule has 6 heteroatoms. The molecule has 0 saturated heterocycles. The van der Waals surface area contributed by atoms with Gasteiger partial charge in [-0.25, -0.2) is 4.99 Å². The molecule has 1 heterocycles. The van der Waals surface area contributed by atoms with Crippen molar-refractivity contribution in [2.45, 2.75) is 0 Å². The molecule has 0 unspecified atom stereocenters. The van der Waals surface area contributed by atoms with Crippen molar-refractivity contribution in [1.82, 2.24) is 5.32 Å². The third-order valence-corrected chi connectivity index (χ3v) is 1.31. The number of hydrogen-bond acceptors (Lipinski definition) is 4. The highest BCUT2D eigenvalue weighted by Gasteiger charge is 2.13. The van der Waals surface area contributed by atoms with E-state index in [9.17, 15) is 4.79 Å². The van der Waals surface area contributed by atoms with E-state index in [4.69, 9.17) is 4.74 Å². The van der Waals surface area contributed by atoms with Crippen molar-refractivity contribution in [3.63, 3.8) is 0 Å². The van der Waals surface area contributed by atoms with E-state index in [0.717, 1.165) is 0 Å². The predicted octanol–water partition coefficient (Wildman–Crippen LogP) is 0.0845. The second-order valence-corrected chi connectivity index (χ2v) is 2.30. The Morgan fingerprint density at radius 2 is 2.38 bits per heavy atom. The van der Waals surface area contributed by atoms with Crippen molar-refractivity contribution in [2.24, 2.45) is 15.2 Å². The molecule has 0 aromatic rings. The van der Waals surface area contributed by atoms with Crippen LogP contribution in [0.3, 0.4) is 0 Å². The molecular weight excluding hydrogens is 172 g/mol. The average molecular weight is 182 g/mol. The minimum absolute atomic E-state index is 0.0886. The third-order valence-electron chi connectivity index (χ3n) is 1.31. The number of methoxy groups -OCH3 is 1. The topological polar surface area (TPSA) is 75.4 Å². The molecule has 1 aliphatic rings. The first-order chi connectivity index (χ1) is 6.24. The lowest BCUT2D eigenvalue weighted by Crippen LogP contribution is -2.32. The van der Waals surface area contributed by atoms with Crippen LogP contribution >= 0.6 is 0 Å². The van der Waals surface area contributed by atoms with Crippen LogP contribution in [0, 0.1) is 0 Å². The second kappa shape index (κ2) is 4.46. The number of carbonyl (C=O) groups is 1. The SMILES string of the molecule is C=C1N=NC(=NCCOC)NC1=O. The zero-order chi connectivity index (χ0) is 9.68. The number of rotatable bonds is 3. The molecule has 1 rings (SSSR count). The van der Waals surface area contributed by atoms with Gasteiger partial charge >= 0.3 is 0 Å². The Hall–Kier alpha value is -1.56. The lowest BCUT2D eigenvalue weighted by molar-refractivity contribution is -0.116. The lowest BCUT2D eigenvalue weighted by atomic mass is 10.4. The summed E-state index contributed by atoms with van der Waals surface area (Å²) in [7, 11) is 1.57. The van der Waals surface area contributed by atoms with Gasteiger partial charge in [-0.2, -0.15) is 0 Å². The van der Waals surface area contributed by atoms with Gasteiger partial charge in [0.2, 0.25) is 5.96 Å². The molecule has 0 aliphatic carbocycles. The van der Waals surface area contributed by atoms with Gasteiger partial charge in [0.05, 0.1) is 13.2 Å². The van der Waals surface area contributed by atoms with E-state index in [0.29, 0.717) is 13.2 Å². The molecule has 0 aromatic heterocycles. The van der Waals surface area contributed by atoms with Gasteiger partial charge in [-0.15, -0.1) is 10.2 Å². The summed E-state index contributed by atoms with van der Waals surface area (Å²) in [5, 5.41) is 9.56. The van der Waals surface area contributed by atoms with Crippen molar-refractivity contribution in [1.29, 1.82) is 0 Å². The van der Waals surface area contributed by atoms with Crippen LogP contribution in [-0.4, -0.2) is 32.1 Å². The van der Waals surface area contributed by atoms with Gasteiger partial charge < -0.3 is 4.74 Å². The third kappa shape index (κ3) is 2.75. The van der Waals surface area contributed by atoms with E-state index in [2.05, 4.69) is 27.1 Å². The molecule has 0 aromatic carbocycles. The zero-order valence-corrected chi connectivity index (χ0v) is 7.28. The number of nitrogens with one attached hydrogen (secondary N) is 1. The van der Waals surface area contributed by atoms with Crippen LogP contribution in [0.4, 0.5) is 0 Å². The highest BCUT2D eigenvalue weighted by atomic mass is 16.5. The van der Waals surface area contributed by atoms with Gasteiger partial charge in [0, 0.05) is 7.11 Å². The van der Waals surface area contributed by atoms with E-state index in [1.165, 1.54) is 0 Å². The Balaban J connectivity index is 2.54. The van der Waals surface area contributed by atoms with Crippen molar-refractivity contribution in [2.75, 3.05) is 20.3 Å². The van der Waals surface area contributed by atoms with Gasteiger partial charge in [-0.3, -0.25) is 10.1 Å². The van der Waals surface area contributed by atoms with Crippen LogP contribution in [0.2, 0.25) is 0 Å². The standard InChI is InChI=1S/C7H10N4O2/c1-5-6(12)9-7(11-10-5)8-3-4-13-2/h1,3-4H2,2H3,(H,8,9,12). The van der Waals surface area contributed by atoms with E-state index in [1.807, 2.05) is 0 Å². The highest BCUT2D eigenvalue weighted by molar-refractivity contribution is 6.06. The summed E-state index contributed by atoms with van der Waals surface area (Å²) >= 11 is 0. The number of aliphatic imine (C=N–C) groups is 1. The average Bonchev–Trinajstić information content (AvgIpc) is 2.12. The lowest BCUT2D eigenvalue weighted by Gasteiger charge is -2.07. The number of ether oxygens (including phenoxy) is 1. The summed E-state index contributed by atoms with van der Waals surface area (Å²) in [4.78, 5) is 14.9. The fourth-order valence-electron chi connectivity index (χ4n) is 0.666. The molecule has 1 amide bonds. The molecule has 0 atom stereocenters. The number of nitrogens with zero attached hydrogens (tertiary/aromatic N) is 3. The van der Waals surface area contributed by atoms with E-state index >= 15 is 0 Å². The van der Waals surface area contributed by atoms with Crippen molar-refractivity contribution >= 4 is 11.9 Å². The first kappa shape index (κ1) is 9.53. The Morgan fingerprint density at radius 3 is 3.00 bits per heavy atom. The number of guanidine groups is 1. The molecule has 0 radical (unpaired) electrons. The maximum absolute atomic E-state index is 11.0. The first-order valence-electron chi connectivity index (χ1n) is 3.69. The Morgan fingerprint density at radius 1 is 1.62 bits per heavy atom. The van der Waals surface area contributed by atoms with Gasteiger partial charge in [-0.1, -0.05) is 6.58 Å². The molecular formula is C7H10N4O2. The van der Waals surface area contributed by atoms with E-state index < -0.39 is 0 Å². The molecule has 13 heavy (non-hydrogen) atoms. The molecule has 0 fully saturated rings. The highest BCUT2D eigenvalue weighted by Crippen LogP contribution is 2.00. The van der Waals surface area contributed by atoms with Crippen LogP contribution in [0.15, 0.2) is 27.5 Å². The van der Waals surface area contributed by atoms with Gasteiger partial charge in [0.15, 0.2) is 0 Å². The summed E-state index contributed by atoms with van der Waals surface area (Å²) in [6, 6.07) is 0. The molecule has 1 N–H and O–H groups in total. The van der Waals surface area contributed by atoms with Crippen LogP contribution < -0.4 is 5.32 Å². The van der Waals surface area contributed by atoms with Crippen LogP contribution in [-0.2, 0) is 9.53 Å². The van der Waals surface area contributed by atoms with E-state index in [-0.39, 0.29) is 17.6 Å². The largest absolute Gasteiger partial charge is 0.383 e. The normalized spacial score (nSPS) is 19.3. The minimum atomic E-state index is -0.369. The monoisotopic (exact) mass is 182 g/mol. The number of hydrogen-bond donors (Lipinski definition) is 1. The Kier molecular flexibility index (Phi) is 3.27. The van der Waals surface area contributed by atoms with Crippen molar-refractivity contribution in [3.8, 4) is 0 Å². The predicted molar refractivity (Wildman–Crippen MR) is 46.3 cm³/mol. The summed E-state index contributed by atoms with van der Waals surface area (Å²) in [5.41, 5.74) is 0.0886. The molecule has 6 nitrogen and oxygen atoms in total. The maximum Gasteiger partial charge on any atom is 0.277 e. The maximum atomic E-state index is 11.0. The Bertz CT molecular complexity index is 282. The summed E-state index contributed by atoms with van der Waals surface area (Å²) < 4.78 is 4.77. The molecule has 0 bridgehead atoms. The van der Waals surface area contributed by atoms with Crippen LogP contribution in [0.25, 0.3) is 0 Å². The summed E-state index contributed by atoms with van der Waals surface area (Å²) in [5.74, 6) is -0.166. The van der Waals surface area contributed by atoms with Gasteiger partial charge in [0.1, 0.15) is 5.70 Å². The number of azo groups is 1. The smallest absolute Gasteiger partial charge is 0.277 e. The number of carbonyl (C=O) groups excluding carboxylic acids is 1. The van der Waals surface area contributed by atoms with Crippen molar-refractivity contribution in [3.05, 3.63) is 12.3 Å². The molecule has 0 saturated carbocycles. The zero-order valence-electron chi connectivity index (χ0n) is 7.28. The van der Waals surface area contributed by atoms with E-state index in [1.54, 1.807) is 7.11 Å². The van der Waals surface area contributed by atoms with Crippen LogP contribution in [0.1, 0.15) is 0 Å². The molecule has 1 aliphatic heterocycles. The van der Waals surface area contributed by atoms with Gasteiger partial charge in [-0.05, 0) is 0 Å². The number of amides is 1. The minimum Gasteiger partial charge on any atom is -0.383 e. The molecule has 70 valence electrons. The van der Waals surface area contributed by atoms with Gasteiger partial charge in [0.25, 0.3) is 5.91 Å². The summed E-state index contributed by atoms with van der Waals surface area (Å²) in [6.07, 6.45) is 0. The fraction of sp³-hybridized carbons (Fsp3) is 0.429. The fourth-order valence-corrected chi connectivity index (χ4v) is 0.666. The molecule has 0 spiro atoms.